The van der Waals surface area contributed by atoms with Crippen LogP contribution in [0.25, 0.3) is 17.0 Å². The number of nitrogens with zero attached hydrogens (tertiary/aromatic N) is 3. The SMILES string of the molecule is O=C(N/N=C/C=C/c1ccc([N+](=O)[O-])o1)c1cnc2cc(C(F)(F)F)ccc2c1O. The summed E-state index contributed by atoms with van der Waals surface area (Å²) < 4.78 is 43.2. The first-order chi connectivity index (χ1) is 14.2. The zero-order chi connectivity index (χ0) is 21.9. The molecule has 0 bridgehead atoms. The fourth-order valence-corrected chi connectivity index (χ4v) is 2.39. The fraction of sp³-hybridized carbons (Fsp3) is 0.0556. The van der Waals surface area contributed by atoms with Crippen molar-refractivity contribution in [2.24, 2.45) is 5.10 Å². The maximum absolute atomic E-state index is 12.8. The molecule has 3 aromatic rings. The van der Waals surface area contributed by atoms with E-state index < -0.39 is 34.2 Å². The molecule has 2 aromatic heterocycles. The number of amides is 1. The van der Waals surface area contributed by atoms with Gasteiger partial charge in [-0.05, 0) is 36.4 Å². The van der Waals surface area contributed by atoms with Crippen LogP contribution in [0.4, 0.5) is 19.1 Å². The Morgan fingerprint density at radius 3 is 2.73 bits per heavy atom. The van der Waals surface area contributed by atoms with Gasteiger partial charge in [-0.2, -0.15) is 18.3 Å². The number of allylic oxidation sites excluding steroid dienone is 1. The Kier molecular flexibility index (Phi) is 5.49. The molecule has 2 N–H and O–H groups in total. The van der Waals surface area contributed by atoms with Gasteiger partial charge >= 0.3 is 12.1 Å². The lowest BCUT2D eigenvalue weighted by atomic mass is 10.1. The molecule has 154 valence electrons. The molecule has 12 heteroatoms. The minimum Gasteiger partial charge on any atom is -0.506 e. The third kappa shape index (κ3) is 4.43. The Morgan fingerprint density at radius 2 is 2.07 bits per heavy atom. The fourth-order valence-electron chi connectivity index (χ4n) is 2.39. The molecule has 0 aliphatic rings. The Bertz CT molecular complexity index is 1180. The van der Waals surface area contributed by atoms with Crippen LogP contribution >= 0.6 is 0 Å². The van der Waals surface area contributed by atoms with E-state index in [0.29, 0.717) is 0 Å². The number of pyridine rings is 1. The third-order valence-corrected chi connectivity index (χ3v) is 3.79. The van der Waals surface area contributed by atoms with Gasteiger partial charge < -0.3 is 9.52 Å². The molecule has 0 spiro atoms. The van der Waals surface area contributed by atoms with Crippen LogP contribution in [0, 0.1) is 10.1 Å². The molecule has 1 amide bonds. The van der Waals surface area contributed by atoms with E-state index in [2.05, 4.69) is 15.5 Å². The highest BCUT2D eigenvalue weighted by molar-refractivity contribution is 6.02. The van der Waals surface area contributed by atoms with Gasteiger partial charge in [-0.25, -0.2) is 5.43 Å². The number of carbonyl (C=O) groups excluding carboxylic acids is 1. The standard InChI is InChI=1S/C18H11F3N4O5/c19-18(20,21)10-3-5-12-14(8-10)22-9-13(16(12)26)17(27)24-23-7-1-2-11-4-6-15(30-11)25(28)29/h1-9H,(H,22,26)(H,24,27)/b2-1+,23-7+. The number of benzene rings is 1. The van der Waals surface area contributed by atoms with Gasteiger partial charge in [0.25, 0.3) is 5.91 Å². The monoisotopic (exact) mass is 420 g/mol. The highest BCUT2D eigenvalue weighted by Gasteiger charge is 2.31. The number of furan rings is 1. The summed E-state index contributed by atoms with van der Waals surface area (Å²) in [6.07, 6.45) is 0.203. The summed E-state index contributed by atoms with van der Waals surface area (Å²) in [6.45, 7) is 0. The second-order valence-electron chi connectivity index (χ2n) is 5.76. The molecule has 3 rings (SSSR count). The lowest BCUT2D eigenvalue weighted by Crippen LogP contribution is -2.17. The number of fused-ring (bicyclic) bond motifs is 1. The smallest absolute Gasteiger partial charge is 0.433 e. The van der Waals surface area contributed by atoms with Gasteiger partial charge in [0.05, 0.1) is 17.1 Å². The van der Waals surface area contributed by atoms with E-state index in [0.717, 1.165) is 30.6 Å². The summed E-state index contributed by atoms with van der Waals surface area (Å²) in [5, 5.41) is 24.3. The molecule has 1 aromatic carbocycles. The van der Waals surface area contributed by atoms with Crippen molar-refractivity contribution in [1.29, 1.82) is 0 Å². The van der Waals surface area contributed by atoms with E-state index in [9.17, 15) is 33.2 Å². The van der Waals surface area contributed by atoms with E-state index in [1.165, 1.54) is 24.3 Å². The highest BCUT2D eigenvalue weighted by atomic mass is 19.4. The van der Waals surface area contributed by atoms with Crippen molar-refractivity contribution in [3.05, 3.63) is 69.6 Å². The third-order valence-electron chi connectivity index (χ3n) is 3.79. The first kappa shape index (κ1) is 20.5. The van der Waals surface area contributed by atoms with Gasteiger partial charge in [0.2, 0.25) is 0 Å². The maximum Gasteiger partial charge on any atom is 0.433 e. The number of hydrogen-bond donors (Lipinski definition) is 2. The molecule has 0 radical (unpaired) electrons. The Labute approximate surface area is 165 Å². The van der Waals surface area contributed by atoms with E-state index in [4.69, 9.17) is 4.42 Å². The van der Waals surface area contributed by atoms with Gasteiger partial charge in [0.1, 0.15) is 22.0 Å². The minimum atomic E-state index is -4.57. The van der Waals surface area contributed by atoms with Crippen LogP contribution in [0.5, 0.6) is 5.75 Å². The molecule has 0 fully saturated rings. The van der Waals surface area contributed by atoms with Crippen molar-refractivity contribution in [2.75, 3.05) is 0 Å². The van der Waals surface area contributed by atoms with Crippen LogP contribution < -0.4 is 5.43 Å². The zero-order valence-electron chi connectivity index (χ0n) is 14.8. The second kappa shape index (κ2) is 8.03. The van der Waals surface area contributed by atoms with Crippen molar-refractivity contribution >= 4 is 35.0 Å². The summed E-state index contributed by atoms with van der Waals surface area (Å²) in [5.41, 5.74) is 0.763. The number of hydrogen-bond acceptors (Lipinski definition) is 7. The molecule has 0 unspecified atom stereocenters. The Balaban J connectivity index is 1.70. The molecule has 0 atom stereocenters. The first-order valence-corrected chi connectivity index (χ1v) is 8.10. The number of nitrogens with one attached hydrogen (secondary N) is 1. The summed E-state index contributed by atoms with van der Waals surface area (Å²) in [5.74, 6) is -1.63. The summed E-state index contributed by atoms with van der Waals surface area (Å²) in [4.78, 5) is 25.7. The summed E-state index contributed by atoms with van der Waals surface area (Å²) >= 11 is 0. The number of alkyl halides is 3. The van der Waals surface area contributed by atoms with Crippen molar-refractivity contribution in [1.82, 2.24) is 10.4 Å². The molecule has 30 heavy (non-hydrogen) atoms. The van der Waals surface area contributed by atoms with Crippen LogP contribution in [-0.2, 0) is 6.18 Å². The average Bonchev–Trinajstić information content (AvgIpc) is 3.16. The van der Waals surface area contributed by atoms with Gasteiger partial charge in [-0.1, -0.05) is 0 Å². The highest BCUT2D eigenvalue weighted by Crippen LogP contribution is 2.34. The largest absolute Gasteiger partial charge is 0.506 e. The number of aromatic nitrogens is 1. The van der Waals surface area contributed by atoms with Crippen molar-refractivity contribution in [3.8, 4) is 5.75 Å². The average molecular weight is 420 g/mol. The lowest BCUT2D eigenvalue weighted by Gasteiger charge is -2.09. The molecule has 0 aliphatic carbocycles. The summed E-state index contributed by atoms with van der Waals surface area (Å²) in [7, 11) is 0. The molecular weight excluding hydrogens is 409 g/mol. The van der Waals surface area contributed by atoms with E-state index in [-0.39, 0.29) is 22.2 Å². The van der Waals surface area contributed by atoms with E-state index in [1.807, 2.05) is 0 Å². The van der Waals surface area contributed by atoms with Crippen molar-refractivity contribution < 1.29 is 32.4 Å². The maximum atomic E-state index is 12.8. The topological polar surface area (TPSA) is 131 Å². The van der Waals surface area contributed by atoms with Crippen molar-refractivity contribution in [2.45, 2.75) is 6.18 Å². The number of nitro groups is 1. The Morgan fingerprint density at radius 1 is 1.30 bits per heavy atom. The molecular formula is C18H11F3N4O5. The van der Waals surface area contributed by atoms with Gasteiger partial charge in [0, 0.05) is 17.8 Å². The summed E-state index contributed by atoms with van der Waals surface area (Å²) in [6, 6.07) is 5.09. The molecule has 0 aliphatic heterocycles. The predicted molar refractivity (Wildman–Crippen MR) is 98.8 cm³/mol. The van der Waals surface area contributed by atoms with Crippen LogP contribution in [-0.4, -0.2) is 27.1 Å². The van der Waals surface area contributed by atoms with Crippen LogP contribution in [0.1, 0.15) is 21.7 Å². The van der Waals surface area contributed by atoms with E-state index in [1.54, 1.807) is 0 Å². The second-order valence-corrected chi connectivity index (χ2v) is 5.76. The quantitative estimate of drug-likeness (QED) is 0.366. The number of hydrazone groups is 1. The molecule has 9 nitrogen and oxygen atoms in total. The predicted octanol–water partition coefficient (Wildman–Crippen LogP) is 3.89. The minimum absolute atomic E-state index is 0.0288. The lowest BCUT2D eigenvalue weighted by molar-refractivity contribution is -0.402. The normalized spacial score (nSPS) is 12.1. The first-order valence-electron chi connectivity index (χ1n) is 8.10. The van der Waals surface area contributed by atoms with Gasteiger partial charge in [-0.15, -0.1) is 0 Å². The number of carbonyl (C=O) groups is 1. The number of aromatic hydroxyl groups is 1. The van der Waals surface area contributed by atoms with Gasteiger partial charge in [-0.3, -0.25) is 19.9 Å². The van der Waals surface area contributed by atoms with Crippen LogP contribution in [0.15, 0.2) is 52.1 Å². The van der Waals surface area contributed by atoms with E-state index >= 15 is 0 Å². The zero-order valence-corrected chi connectivity index (χ0v) is 14.8. The number of halogens is 3. The van der Waals surface area contributed by atoms with Gasteiger partial charge in [0.15, 0.2) is 0 Å². The Hall–Kier alpha value is -4.22. The molecule has 0 saturated carbocycles. The number of rotatable bonds is 5. The molecule has 2 heterocycles. The van der Waals surface area contributed by atoms with Crippen LogP contribution in [0.2, 0.25) is 0 Å². The molecule has 0 saturated heterocycles. The van der Waals surface area contributed by atoms with Crippen LogP contribution in [0.3, 0.4) is 0 Å². The van der Waals surface area contributed by atoms with Crippen molar-refractivity contribution in [3.63, 3.8) is 0 Å².